The van der Waals surface area contributed by atoms with Gasteiger partial charge in [-0.25, -0.2) is 8.42 Å². The fourth-order valence-corrected chi connectivity index (χ4v) is 4.61. The molecule has 2 unspecified atom stereocenters. The van der Waals surface area contributed by atoms with E-state index in [1.54, 1.807) is 11.0 Å². The smallest absolute Gasteiger partial charge is 0.227 e. The normalized spacial score (nSPS) is 29.9. The summed E-state index contributed by atoms with van der Waals surface area (Å²) in [5.74, 6) is 0.361. The number of carbonyl (C=O) groups excluding carboxylic acids is 1. The molecule has 0 radical (unpaired) electrons. The van der Waals surface area contributed by atoms with Crippen molar-refractivity contribution in [1.29, 1.82) is 0 Å². The van der Waals surface area contributed by atoms with Crippen LogP contribution < -0.4 is 5.32 Å². The second-order valence-corrected chi connectivity index (χ2v) is 7.61. The lowest BCUT2D eigenvalue weighted by molar-refractivity contribution is -0.137. The molecule has 0 aromatic rings. The van der Waals surface area contributed by atoms with Gasteiger partial charge in [0.2, 0.25) is 5.91 Å². The third kappa shape index (κ3) is 3.57. The van der Waals surface area contributed by atoms with Gasteiger partial charge in [0, 0.05) is 19.1 Å². The molecule has 2 atom stereocenters. The summed E-state index contributed by atoms with van der Waals surface area (Å²) in [5.41, 5.74) is 0. The Balaban J connectivity index is 2.06. The van der Waals surface area contributed by atoms with E-state index in [0.717, 1.165) is 19.4 Å². The molecular formula is C13H22N2O3S. The molecule has 0 aromatic heterocycles. The van der Waals surface area contributed by atoms with Gasteiger partial charge in [-0.1, -0.05) is 6.08 Å². The number of nitrogens with one attached hydrogen (secondary N) is 1. The quantitative estimate of drug-likeness (QED) is 0.749. The maximum Gasteiger partial charge on any atom is 0.227 e. The lowest BCUT2D eigenvalue weighted by Crippen LogP contribution is -2.48. The number of rotatable bonds is 4. The number of nitrogens with zero attached hydrogens (tertiary/aromatic N) is 1. The summed E-state index contributed by atoms with van der Waals surface area (Å²) < 4.78 is 23.1. The van der Waals surface area contributed by atoms with Crippen molar-refractivity contribution in [2.24, 2.45) is 5.92 Å². The first-order valence-electron chi connectivity index (χ1n) is 6.86. The summed E-state index contributed by atoms with van der Waals surface area (Å²) >= 11 is 0. The molecule has 0 aromatic carbocycles. The largest absolute Gasteiger partial charge is 0.335 e. The first-order valence-corrected chi connectivity index (χ1v) is 8.68. The predicted octanol–water partition coefficient (Wildman–Crippen LogP) is 0.188. The third-order valence-corrected chi connectivity index (χ3v) is 5.65. The van der Waals surface area contributed by atoms with Crippen LogP contribution in [0.15, 0.2) is 12.7 Å². The molecule has 2 fully saturated rings. The molecule has 2 aliphatic heterocycles. The minimum absolute atomic E-state index is 0.0167. The summed E-state index contributed by atoms with van der Waals surface area (Å²) in [4.78, 5) is 14.2. The first kappa shape index (κ1) is 14.5. The molecule has 5 nitrogen and oxygen atoms in total. The van der Waals surface area contributed by atoms with Crippen LogP contribution in [0.1, 0.15) is 19.3 Å². The van der Waals surface area contributed by atoms with Crippen LogP contribution in [0.2, 0.25) is 0 Å². The summed E-state index contributed by atoms with van der Waals surface area (Å²) in [7, 11) is -2.97. The van der Waals surface area contributed by atoms with Crippen LogP contribution in [-0.4, -0.2) is 56.4 Å². The Labute approximate surface area is 115 Å². The predicted molar refractivity (Wildman–Crippen MR) is 74.6 cm³/mol. The maximum absolute atomic E-state index is 12.5. The molecule has 2 rings (SSSR count). The fourth-order valence-electron chi connectivity index (χ4n) is 2.88. The zero-order valence-corrected chi connectivity index (χ0v) is 12.0. The minimum atomic E-state index is -2.97. The molecule has 1 N–H and O–H groups in total. The van der Waals surface area contributed by atoms with Gasteiger partial charge in [-0.15, -0.1) is 6.58 Å². The van der Waals surface area contributed by atoms with Crippen LogP contribution in [-0.2, 0) is 14.6 Å². The molecule has 0 aliphatic carbocycles. The summed E-state index contributed by atoms with van der Waals surface area (Å²) in [6.45, 7) is 5.78. The Morgan fingerprint density at radius 2 is 2.21 bits per heavy atom. The van der Waals surface area contributed by atoms with Gasteiger partial charge in [0.15, 0.2) is 9.84 Å². The Morgan fingerprint density at radius 3 is 2.74 bits per heavy atom. The SMILES string of the molecule is C=CCN(C(=O)C1CCCNC1)C1CCS(=O)(=O)C1. The highest BCUT2D eigenvalue weighted by Crippen LogP contribution is 2.22. The lowest BCUT2D eigenvalue weighted by atomic mass is 9.97. The monoisotopic (exact) mass is 286 g/mol. The second-order valence-electron chi connectivity index (χ2n) is 5.38. The third-order valence-electron chi connectivity index (χ3n) is 3.90. The topological polar surface area (TPSA) is 66.5 Å². The van der Waals surface area contributed by atoms with E-state index in [9.17, 15) is 13.2 Å². The lowest BCUT2D eigenvalue weighted by Gasteiger charge is -2.32. The van der Waals surface area contributed by atoms with E-state index < -0.39 is 9.84 Å². The molecular weight excluding hydrogens is 264 g/mol. The number of carbonyl (C=O) groups is 1. The van der Waals surface area contributed by atoms with Crippen molar-refractivity contribution in [3.63, 3.8) is 0 Å². The number of hydrogen-bond acceptors (Lipinski definition) is 4. The van der Waals surface area contributed by atoms with Crippen LogP contribution in [0.25, 0.3) is 0 Å². The second kappa shape index (κ2) is 6.05. The van der Waals surface area contributed by atoms with Crippen molar-refractivity contribution in [2.75, 3.05) is 31.1 Å². The van der Waals surface area contributed by atoms with Crippen LogP contribution >= 0.6 is 0 Å². The van der Waals surface area contributed by atoms with E-state index in [1.807, 2.05) is 0 Å². The van der Waals surface area contributed by atoms with Crippen LogP contribution in [0.4, 0.5) is 0 Å². The number of piperidine rings is 1. The fraction of sp³-hybridized carbons (Fsp3) is 0.769. The molecule has 6 heteroatoms. The van der Waals surface area contributed by atoms with Crippen LogP contribution in [0, 0.1) is 5.92 Å². The number of amides is 1. The minimum Gasteiger partial charge on any atom is -0.335 e. The molecule has 2 aliphatic rings. The molecule has 1 amide bonds. The average Bonchev–Trinajstić information content (AvgIpc) is 2.76. The van der Waals surface area contributed by atoms with E-state index in [1.165, 1.54) is 0 Å². The van der Waals surface area contributed by atoms with E-state index in [2.05, 4.69) is 11.9 Å². The highest BCUT2D eigenvalue weighted by atomic mass is 32.2. The summed E-state index contributed by atoms with van der Waals surface area (Å²) in [6, 6.07) is -0.169. The number of sulfone groups is 1. The van der Waals surface area contributed by atoms with E-state index in [-0.39, 0.29) is 29.4 Å². The Bertz CT molecular complexity index is 441. The zero-order valence-electron chi connectivity index (χ0n) is 11.2. The average molecular weight is 286 g/mol. The zero-order chi connectivity index (χ0) is 13.9. The first-order chi connectivity index (χ1) is 9.03. The van der Waals surface area contributed by atoms with E-state index in [0.29, 0.717) is 19.5 Å². The van der Waals surface area contributed by atoms with E-state index >= 15 is 0 Å². The van der Waals surface area contributed by atoms with Crippen molar-refractivity contribution in [1.82, 2.24) is 10.2 Å². The molecule has 2 heterocycles. The molecule has 0 spiro atoms. The van der Waals surface area contributed by atoms with Gasteiger partial charge in [0.05, 0.1) is 17.4 Å². The van der Waals surface area contributed by atoms with Crippen molar-refractivity contribution in [2.45, 2.75) is 25.3 Å². The standard InChI is InChI=1S/C13H22N2O3S/c1-2-7-15(12-5-8-19(17,18)10-12)13(16)11-4-3-6-14-9-11/h2,11-12,14H,1,3-10H2. The van der Waals surface area contributed by atoms with Gasteiger partial charge in [-0.2, -0.15) is 0 Å². The molecule has 0 bridgehead atoms. The van der Waals surface area contributed by atoms with Gasteiger partial charge < -0.3 is 10.2 Å². The van der Waals surface area contributed by atoms with Crippen LogP contribution in [0.3, 0.4) is 0 Å². The van der Waals surface area contributed by atoms with Gasteiger partial charge in [-0.05, 0) is 25.8 Å². The van der Waals surface area contributed by atoms with Crippen molar-refractivity contribution >= 4 is 15.7 Å². The highest BCUT2D eigenvalue weighted by molar-refractivity contribution is 7.91. The Hall–Kier alpha value is -0.880. The van der Waals surface area contributed by atoms with Crippen molar-refractivity contribution in [3.05, 3.63) is 12.7 Å². The van der Waals surface area contributed by atoms with Crippen molar-refractivity contribution in [3.8, 4) is 0 Å². The summed E-state index contributed by atoms with van der Waals surface area (Å²) in [6.07, 6.45) is 4.13. The van der Waals surface area contributed by atoms with Gasteiger partial charge in [0.1, 0.15) is 0 Å². The molecule has 2 saturated heterocycles. The molecule has 0 saturated carbocycles. The molecule has 19 heavy (non-hydrogen) atoms. The van der Waals surface area contributed by atoms with Crippen molar-refractivity contribution < 1.29 is 13.2 Å². The van der Waals surface area contributed by atoms with E-state index in [4.69, 9.17) is 0 Å². The molecule has 108 valence electrons. The van der Waals surface area contributed by atoms with Gasteiger partial charge >= 0.3 is 0 Å². The highest BCUT2D eigenvalue weighted by Gasteiger charge is 2.36. The Morgan fingerprint density at radius 1 is 1.42 bits per heavy atom. The number of hydrogen-bond donors (Lipinski definition) is 1. The van der Waals surface area contributed by atoms with Gasteiger partial charge in [0.25, 0.3) is 0 Å². The van der Waals surface area contributed by atoms with Gasteiger partial charge in [-0.3, -0.25) is 4.79 Å². The summed E-state index contributed by atoms with van der Waals surface area (Å²) in [5, 5.41) is 3.23. The van der Waals surface area contributed by atoms with Crippen LogP contribution in [0.5, 0.6) is 0 Å². The Kier molecular flexibility index (Phi) is 4.62. The maximum atomic E-state index is 12.5.